The van der Waals surface area contributed by atoms with Crippen molar-refractivity contribution in [2.45, 2.75) is 13.8 Å². The largest absolute Gasteiger partial charge is 0.491 e. The molecule has 1 N–H and O–H groups in total. The van der Waals surface area contributed by atoms with Gasteiger partial charge < -0.3 is 14.8 Å². The van der Waals surface area contributed by atoms with Crippen LogP contribution < -0.4 is 10.1 Å². The van der Waals surface area contributed by atoms with Crippen LogP contribution in [-0.2, 0) is 4.74 Å². The molecule has 0 spiro atoms. The first kappa shape index (κ1) is 16.0. The van der Waals surface area contributed by atoms with Gasteiger partial charge in [-0.05, 0) is 37.6 Å². The summed E-state index contributed by atoms with van der Waals surface area (Å²) >= 11 is 0. The van der Waals surface area contributed by atoms with Crippen molar-refractivity contribution < 1.29 is 14.3 Å². The Bertz CT molecular complexity index is 625. The predicted molar refractivity (Wildman–Crippen MR) is 87.6 cm³/mol. The van der Waals surface area contributed by atoms with Crippen molar-refractivity contribution in [3.8, 4) is 5.75 Å². The van der Waals surface area contributed by atoms with E-state index in [0.29, 0.717) is 36.8 Å². The Hall–Kier alpha value is -2.33. The molecule has 0 bridgehead atoms. The van der Waals surface area contributed by atoms with Crippen LogP contribution in [0.25, 0.3) is 0 Å². The predicted octanol–water partition coefficient (Wildman–Crippen LogP) is 3.66. The molecule has 2 rings (SSSR count). The standard InChI is InChI=1S/C18H21NO3/c1-3-21-11-12-22-16-9-6-8-15(13-16)19-18(20)17-10-5-4-7-14(17)2/h4-10,13H,3,11-12H2,1-2H3,(H,19,20). The molecule has 4 nitrogen and oxygen atoms in total. The molecule has 4 heteroatoms. The number of carbonyl (C=O) groups is 1. The number of hydrogen-bond acceptors (Lipinski definition) is 3. The van der Waals surface area contributed by atoms with E-state index in [1.807, 2.05) is 62.4 Å². The van der Waals surface area contributed by atoms with Crippen LogP contribution in [-0.4, -0.2) is 25.7 Å². The second-order valence-electron chi connectivity index (χ2n) is 4.84. The minimum atomic E-state index is -0.121. The quantitative estimate of drug-likeness (QED) is 0.794. The van der Waals surface area contributed by atoms with Gasteiger partial charge in [0.05, 0.1) is 6.61 Å². The van der Waals surface area contributed by atoms with Crippen molar-refractivity contribution in [2.24, 2.45) is 0 Å². The minimum absolute atomic E-state index is 0.121. The van der Waals surface area contributed by atoms with Gasteiger partial charge in [0.1, 0.15) is 12.4 Å². The Morgan fingerprint density at radius 1 is 1.09 bits per heavy atom. The minimum Gasteiger partial charge on any atom is -0.491 e. The number of anilines is 1. The van der Waals surface area contributed by atoms with E-state index in [1.54, 1.807) is 0 Å². The molecule has 0 unspecified atom stereocenters. The molecule has 0 atom stereocenters. The second kappa shape index (κ2) is 8.20. The molecule has 22 heavy (non-hydrogen) atoms. The van der Waals surface area contributed by atoms with E-state index < -0.39 is 0 Å². The van der Waals surface area contributed by atoms with E-state index >= 15 is 0 Å². The van der Waals surface area contributed by atoms with Gasteiger partial charge in [0.15, 0.2) is 0 Å². The van der Waals surface area contributed by atoms with Crippen molar-refractivity contribution in [3.05, 3.63) is 59.7 Å². The third-order valence-electron chi connectivity index (χ3n) is 3.18. The first-order valence-corrected chi connectivity index (χ1v) is 7.38. The van der Waals surface area contributed by atoms with Crippen molar-refractivity contribution >= 4 is 11.6 Å². The Morgan fingerprint density at radius 2 is 1.91 bits per heavy atom. The number of amides is 1. The molecular formula is C18H21NO3. The van der Waals surface area contributed by atoms with E-state index in [1.165, 1.54) is 0 Å². The lowest BCUT2D eigenvalue weighted by atomic mass is 10.1. The normalized spacial score (nSPS) is 10.3. The smallest absolute Gasteiger partial charge is 0.255 e. The maximum absolute atomic E-state index is 12.3. The highest BCUT2D eigenvalue weighted by molar-refractivity contribution is 6.05. The molecule has 0 fully saturated rings. The fraction of sp³-hybridized carbons (Fsp3) is 0.278. The molecule has 0 saturated heterocycles. The topological polar surface area (TPSA) is 47.6 Å². The monoisotopic (exact) mass is 299 g/mol. The van der Waals surface area contributed by atoms with Gasteiger partial charge in [-0.15, -0.1) is 0 Å². The molecule has 116 valence electrons. The fourth-order valence-electron chi connectivity index (χ4n) is 2.05. The molecule has 0 radical (unpaired) electrons. The fourth-order valence-corrected chi connectivity index (χ4v) is 2.05. The summed E-state index contributed by atoms with van der Waals surface area (Å²) in [5, 5.41) is 2.89. The third-order valence-corrected chi connectivity index (χ3v) is 3.18. The molecular weight excluding hydrogens is 278 g/mol. The first-order chi connectivity index (χ1) is 10.7. The van der Waals surface area contributed by atoms with Crippen molar-refractivity contribution in [1.29, 1.82) is 0 Å². The van der Waals surface area contributed by atoms with E-state index in [2.05, 4.69) is 5.32 Å². The molecule has 0 aliphatic carbocycles. The van der Waals surface area contributed by atoms with Crippen LogP contribution >= 0.6 is 0 Å². The van der Waals surface area contributed by atoms with Gasteiger partial charge in [-0.3, -0.25) is 4.79 Å². The third kappa shape index (κ3) is 4.60. The highest BCUT2D eigenvalue weighted by Gasteiger charge is 2.08. The van der Waals surface area contributed by atoms with Crippen LogP contribution in [0.1, 0.15) is 22.8 Å². The Balaban J connectivity index is 1.98. The second-order valence-corrected chi connectivity index (χ2v) is 4.84. The number of ether oxygens (including phenoxy) is 2. The molecule has 0 saturated carbocycles. The summed E-state index contributed by atoms with van der Waals surface area (Å²) in [6, 6.07) is 14.9. The Labute approximate surface area is 131 Å². The van der Waals surface area contributed by atoms with Crippen LogP contribution in [0.3, 0.4) is 0 Å². The summed E-state index contributed by atoms with van der Waals surface area (Å²) in [6.07, 6.45) is 0. The number of aryl methyl sites for hydroxylation is 1. The van der Waals surface area contributed by atoms with E-state index in [-0.39, 0.29) is 5.91 Å². The summed E-state index contributed by atoms with van der Waals surface area (Å²) in [4.78, 5) is 12.3. The number of hydrogen-bond donors (Lipinski definition) is 1. The van der Waals surface area contributed by atoms with Gasteiger partial charge in [-0.1, -0.05) is 24.3 Å². The highest BCUT2D eigenvalue weighted by atomic mass is 16.5. The van der Waals surface area contributed by atoms with E-state index in [9.17, 15) is 4.79 Å². The van der Waals surface area contributed by atoms with E-state index in [4.69, 9.17) is 9.47 Å². The lowest BCUT2D eigenvalue weighted by molar-refractivity contribution is 0.102. The molecule has 0 aliphatic rings. The average Bonchev–Trinajstić information content (AvgIpc) is 2.52. The van der Waals surface area contributed by atoms with Crippen LogP contribution in [0.15, 0.2) is 48.5 Å². The molecule has 2 aromatic rings. The average molecular weight is 299 g/mol. The van der Waals surface area contributed by atoms with Gasteiger partial charge >= 0.3 is 0 Å². The Kier molecular flexibility index (Phi) is 5.98. The maximum atomic E-state index is 12.3. The zero-order chi connectivity index (χ0) is 15.8. The van der Waals surface area contributed by atoms with Crippen LogP contribution in [0.5, 0.6) is 5.75 Å². The van der Waals surface area contributed by atoms with Gasteiger partial charge in [-0.25, -0.2) is 0 Å². The zero-order valence-electron chi connectivity index (χ0n) is 13.0. The van der Waals surface area contributed by atoms with Gasteiger partial charge in [0.25, 0.3) is 5.91 Å². The first-order valence-electron chi connectivity index (χ1n) is 7.38. The lowest BCUT2D eigenvalue weighted by Crippen LogP contribution is -2.13. The SMILES string of the molecule is CCOCCOc1cccc(NC(=O)c2ccccc2C)c1. The van der Waals surface area contributed by atoms with Crippen LogP contribution in [0.2, 0.25) is 0 Å². The van der Waals surface area contributed by atoms with Crippen LogP contribution in [0.4, 0.5) is 5.69 Å². The summed E-state index contributed by atoms with van der Waals surface area (Å²) < 4.78 is 10.8. The molecule has 2 aromatic carbocycles. The van der Waals surface area contributed by atoms with Crippen LogP contribution in [0, 0.1) is 6.92 Å². The molecule has 0 heterocycles. The molecule has 0 aromatic heterocycles. The number of carbonyl (C=O) groups excluding carboxylic acids is 1. The molecule has 1 amide bonds. The van der Waals surface area contributed by atoms with E-state index in [0.717, 1.165) is 5.56 Å². The zero-order valence-corrected chi connectivity index (χ0v) is 13.0. The number of rotatable bonds is 7. The van der Waals surface area contributed by atoms with Crippen molar-refractivity contribution in [3.63, 3.8) is 0 Å². The van der Waals surface area contributed by atoms with Crippen molar-refractivity contribution in [2.75, 3.05) is 25.1 Å². The summed E-state index contributed by atoms with van der Waals surface area (Å²) in [5.74, 6) is 0.590. The van der Waals surface area contributed by atoms with Gasteiger partial charge in [0.2, 0.25) is 0 Å². The Morgan fingerprint density at radius 3 is 2.68 bits per heavy atom. The van der Waals surface area contributed by atoms with Crippen molar-refractivity contribution in [1.82, 2.24) is 0 Å². The highest BCUT2D eigenvalue weighted by Crippen LogP contribution is 2.18. The van der Waals surface area contributed by atoms with Gasteiger partial charge in [-0.2, -0.15) is 0 Å². The van der Waals surface area contributed by atoms with Gasteiger partial charge in [0, 0.05) is 23.9 Å². The maximum Gasteiger partial charge on any atom is 0.255 e. The summed E-state index contributed by atoms with van der Waals surface area (Å²) in [5.41, 5.74) is 2.33. The summed E-state index contributed by atoms with van der Waals surface area (Å²) in [7, 11) is 0. The lowest BCUT2D eigenvalue weighted by Gasteiger charge is -2.10. The number of benzene rings is 2. The number of nitrogens with one attached hydrogen (secondary N) is 1. The summed E-state index contributed by atoms with van der Waals surface area (Å²) in [6.45, 7) is 5.58. The molecule has 0 aliphatic heterocycles.